The maximum atomic E-state index is 13.9. The minimum atomic E-state index is -5.43. The lowest BCUT2D eigenvalue weighted by Gasteiger charge is -2.34. The van der Waals surface area contributed by atoms with E-state index in [1.165, 1.54) is 0 Å². The molecule has 2 aliphatic rings. The van der Waals surface area contributed by atoms with Gasteiger partial charge in [0.1, 0.15) is 23.2 Å². The van der Waals surface area contributed by atoms with Gasteiger partial charge in [0.25, 0.3) is 0 Å². The first-order valence-corrected chi connectivity index (χ1v) is 11.0. The molecule has 2 aliphatic heterocycles. The SMILES string of the molecule is CCN1CCN(C(=O)N[C@H](C(=O)N[C@H]2Cc3ccc(F)c(C(=O)O)c3OB2O)[C@H](O)C(F)(F)F)C(=O)C1=O. The van der Waals surface area contributed by atoms with Crippen molar-refractivity contribution in [2.45, 2.75) is 37.6 Å². The molecule has 3 rings (SSSR count). The number of piperazine rings is 1. The lowest BCUT2D eigenvalue weighted by atomic mass is 9.72. The number of rotatable bonds is 6. The Hall–Kier alpha value is -3.93. The smallest absolute Gasteiger partial charge is 0.534 e. The van der Waals surface area contributed by atoms with E-state index in [0.29, 0.717) is 0 Å². The van der Waals surface area contributed by atoms with Gasteiger partial charge >= 0.3 is 37.1 Å². The molecule has 5 amide bonds. The largest absolute Gasteiger partial charge is 0.547 e. The predicted molar refractivity (Wildman–Crippen MR) is 116 cm³/mol. The summed E-state index contributed by atoms with van der Waals surface area (Å²) in [6.07, 6.45) is -9.34. The number of carbonyl (C=O) groups is 5. The van der Waals surface area contributed by atoms with Crippen LogP contribution in [0.15, 0.2) is 12.1 Å². The van der Waals surface area contributed by atoms with Crippen LogP contribution in [-0.4, -0.2) is 106 Å². The third kappa shape index (κ3) is 5.64. The van der Waals surface area contributed by atoms with Crippen molar-refractivity contribution in [3.8, 4) is 5.75 Å². The molecule has 0 spiro atoms. The first-order chi connectivity index (χ1) is 17.7. The van der Waals surface area contributed by atoms with Gasteiger partial charge in [0.15, 0.2) is 6.10 Å². The van der Waals surface area contributed by atoms with Crippen molar-refractivity contribution < 1.29 is 61.4 Å². The summed E-state index contributed by atoms with van der Waals surface area (Å²) in [5, 5.41) is 32.7. The number of aliphatic hydroxyl groups excluding tert-OH is 1. The Morgan fingerprint density at radius 1 is 1.21 bits per heavy atom. The number of benzene rings is 1. The number of halogens is 4. The highest BCUT2D eigenvalue weighted by Crippen LogP contribution is 2.32. The molecule has 13 nitrogen and oxygen atoms in total. The lowest BCUT2D eigenvalue weighted by Crippen LogP contribution is -2.65. The number of carboxylic acid groups (broad SMARTS) is 1. The Labute approximate surface area is 211 Å². The quantitative estimate of drug-likeness (QED) is 0.163. The van der Waals surface area contributed by atoms with Gasteiger partial charge in [0.05, 0.1) is 5.94 Å². The molecule has 18 heteroatoms. The van der Waals surface area contributed by atoms with Crippen LogP contribution in [0.1, 0.15) is 22.8 Å². The molecule has 5 N–H and O–H groups in total. The zero-order chi connectivity index (χ0) is 28.5. The molecule has 206 valence electrons. The van der Waals surface area contributed by atoms with Crippen molar-refractivity contribution in [3.05, 3.63) is 29.1 Å². The number of nitrogens with one attached hydrogen (secondary N) is 2. The highest BCUT2D eigenvalue weighted by atomic mass is 19.4. The summed E-state index contributed by atoms with van der Waals surface area (Å²) in [6, 6.07) is -2.46. The number of carbonyl (C=O) groups excluding carboxylic acids is 4. The average Bonchev–Trinajstić information content (AvgIpc) is 2.83. The van der Waals surface area contributed by atoms with Crippen LogP contribution in [0.3, 0.4) is 0 Å². The van der Waals surface area contributed by atoms with Crippen molar-refractivity contribution in [3.63, 3.8) is 0 Å². The Kier molecular flexibility index (Phi) is 8.16. The minimum Gasteiger partial charge on any atom is -0.534 e. The third-order valence-electron chi connectivity index (χ3n) is 5.90. The topological polar surface area (TPSA) is 186 Å². The zero-order valence-electron chi connectivity index (χ0n) is 19.5. The number of imide groups is 1. The van der Waals surface area contributed by atoms with Gasteiger partial charge in [0, 0.05) is 19.6 Å². The second kappa shape index (κ2) is 10.8. The molecule has 0 aromatic heterocycles. The normalized spacial score (nSPS) is 19.3. The van der Waals surface area contributed by atoms with Crippen LogP contribution in [0.5, 0.6) is 5.75 Å². The number of carboxylic acids is 1. The monoisotopic (exact) mass is 548 g/mol. The van der Waals surface area contributed by atoms with Crippen LogP contribution in [0.4, 0.5) is 22.4 Å². The van der Waals surface area contributed by atoms with Crippen LogP contribution >= 0.6 is 0 Å². The molecule has 1 saturated heterocycles. The number of aliphatic hydroxyl groups is 1. The first-order valence-electron chi connectivity index (χ1n) is 11.0. The maximum Gasteiger partial charge on any atom is 0.547 e. The minimum absolute atomic E-state index is 0.0192. The van der Waals surface area contributed by atoms with E-state index in [1.54, 1.807) is 12.2 Å². The van der Waals surface area contributed by atoms with Gasteiger partial charge < -0.3 is 35.4 Å². The summed E-state index contributed by atoms with van der Waals surface area (Å²) in [5.74, 6) is -9.10. The highest BCUT2D eigenvalue weighted by Gasteiger charge is 2.50. The summed E-state index contributed by atoms with van der Waals surface area (Å²) in [6.45, 7) is 1.18. The van der Waals surface area contributed by atoms with E-state index in [1.807, 2.05) is 5.32 Å². The van der Waals surface area contributed by atoms with Gasteiger partial charge in [-0.15, -0.1) is 0 Å². The summed E-state index contributed by atoms with van der Waals surface area (Å²) < 4.78 is 58.8. The van der Waals surface area contributed by atoms with Gasteiger partial charge in [-0.25, -0.2) is 14.0 Å². The van der Waals surface area contributed by atoms with E-state index in [9.17, 15) is 56.8 Å². The van der Waals surface area contributed by atoms with Crippen LogP contribution in [0, 0.1) is 5.82 Å². The average molecular weight is 548 g/mol. The molecule has 0 saturated carbocycles. The number of nitrogens with zero attached hydrogens (tertiary/aromatic N) is 2. The molecular weight excluding hydrogens is 527 g/mol. The summed E-state index contributed by atoms with van der Waals surface area (Å²) in [4.78, 5) is 62.2. The molecule has 1 fully saturated rings. The Balaban J connectivity index is 1.81. The van der Waals surface area contributed by atoms with Crippen molar-refractivity contribution in [1.82, 2.24) is 20.4 Å². The van der Waals surface area contributed by atoms with Gasteiger partial charge in [-0.2, -0.15) is 13.2 Å². The highest BCUT2D eigenvalue weighted by molar-refractivity contribution is 6.47. The predicted octanol–water partition coefficient (Wildman–Crippen LogP) is -1.34. The molecule has 38 heavy (non-hydrogen) atoms. The number of fused-ring (bicyclic) bond motifs is 1. The van der Waals surface area contributed by atoms with Crippen LogP contribution < -0.4 is 15.3 Å². The molecule has 3 atom stereocenters. The molecule has 0 radical (unpaired) electrons. The number of urea groups is 1. The van der Waals surface area contributed by atoms with Crippen LogP contribution in [-0.2, 0) is 20.8 Å². The number of hydrogen-bond donors (Lipinski definition) is 5. The number of alkyl halides is 3. The van der Waals surface area contributed by atoms with Crippen molar-refractivity contribution in [1.29, 1.82) is 0 Å². The van der Waals surface area contributed by atoms with E-state index < -0.39 is 91.2 Å². The molecule has 1 aromatic carbocycles. The van der Waals surface area contributed by atoms with Crippen molar-refractivity contribution in [2.24, 2.45) is 0 Å². The summed E-state index contributed by atoms with van der Waals surface area (Å²) in [5.41, 5.74) is -0.930. The summed E-state index contributed by atoms with van der Waals surface area (Å²) >= 11 is 0. The summed E-state index contributed by atoms with van der Waals surface area (Å²) in [7, 11) is -2.06. The van der Waals surface area contributed by atoms with Crippen molar-refractivity contribution >= 4 is 36.8 Å². The molecule has 0 bridgehead atoms. The fourth-order valence-electron chi connectivity index (χ4n) is 3.89. The Morgan fingerprint density at radius 3 is 2.45 bits per heavy atom. The third-order valence-corrected chi connectivity index (χ3v) is 5.90. The van der Waals surface area contributed by atoms with E-state index in [0.717, 1.165) is 17.0 Å². The number of likely N-dealkylation sites (N-methyl/N-ethyl adjacent to an activating group) is 1. The molecule has 0 unspecified atom stereocenters. The fourth-order valence-corrected chi connectivity index (χ4v) is 3.89. The van der Waals surface area contributed by atoms with Crippen molar-refractivity contribution in [2.75, 3.05) is 19.6 Å². The molecular formula is C20H21BF4N4O9. The van der Waals surface area contributed by atoms with Gasteiger partial charge in [0.2, 0.25) is 5.91 Å². The standard InChI is InChI=1S/C20H21BF4N4O9/c1-2-28-5-6-29(17(33)16(28)32)19(36)27-12(14(30)20(23,24)25)15(31)26-10-7-8-3-4-9(22)11(18(34)35)13(8)38-21(10)37/h3-4,10,12,14,30,37H,2,5-7H2,1H3,(H,26,31)(H,27,36)(H,34,35)/t10-,12-,14-/m0/s1. The fraction of sp³-hybridized carbons (Fsp3) is 0.450. The van der Waals surface area contributed by atoms with E-state index in [2.05, 4.69) is 0 Å². The number of aromatic carboxylic acids is 1. The van der Waals surface area contributed by atoms with Crippen LogP contribution in [0.2, 0.25) is 0 Å². The molecule has 0 aliphatic carbocycles. The van der Waals surface area contributed by atoms with Crippen LogP contribution in [0.25, 0.3) is 0 Å². The zero-order valence-corrected chi connectivity index (χ0v) is 19.5. The molecule has 2 heterocycles. The number of amides is 5. The van der Waals surface area contributed by atoms with Gasteiger partial charge in [-0.1, -0.05) is 6.07 Å². The van der Waals surface area contributed by atoms with E-state index in [4.69, 9.17) is 4.65 Å². The second-order valence-electron chi connectivity index (χ2n) is 8.30. The Bertz CT molecular complexity index is 1170. The lowest BCUT2D eigenvalue weighted by molar-refractivity contribution is -0.211. The first kappa shape index (κ1) is 28.6. The second-order valence-corrected chi connectivity index (χ2v) is 8.30. The van der Waals surface area contributed by atoms with E-state index >= 15 is 0 Å². The van der Waals surface area contributed by atoms with Gasteiger partial charge in [-0.3, -0.25) is 19.3 Å². The number of hydrogen-bond acceptors (Lipinski definition) is 8. The van der Waals surface area contributed by atoms with Gasteiger partial charge in [-0.05, 0) is 25.0 Å². The molecule has 1 aromatic rings. The Morgan fingerprint density at radius 2 is 1.87 bits per heavy atom. The maximum absolute atomic E-state index is 13.9. The van der Waals surface area contributed by atoms with E-state index in [-0.39, 0.29) is 23.6 Å².